The van der Waals surface area contributed by atoms with Crippen LogP contribution in [-0.2, 0) is 16.4 Å². The molecule has 1 heterocycles. The predicted molar refractivity (Wildman–Crippen MR) is 113 cm³/mol. The fraction of sp³-hybridized carbons (Fsp3) is 0.409. The highest BCUT2D eigenvalue weighted by Gasteiger charge is 2.27. The molecule has 3 rings (SSSR count). The lowest BCUT2D eigenvalue weighted by Gasteiger charge is -2.16. The summed E-state index contributed by atoms with van der Waals surface area (Å²) < 4.78 is 32.3. The minimum Gasteiger partial charge on any atom is -0.494 e. The van der Waals surface area contributed by atoms with E-state index in [1.807, 2.05) is 31.2 Å². The van der Waals surface area contributed by atoms with Crippen molar-refractivity contribution in [2.24, 2.45) is 0 Å². The molecule has 0 atom stereocenters. The van der Waals surface area contributed by atoms with Gasteiger partial charge in [0.1, 0.15) is 5.75 Å². The molecular weight excluding hydrogens is 388 g/mol. The average Bonchev–Trinajstić information content (AvgIpc) is 3.28. The van der Waals surface area contributed by atoms with E-state index >= 15 is 0 Å². The van der Waals surface area contributed by atoms with Crippen molar-refractivity contribution in [2.45, 2.75) is 37.5 Å². The molecule has 1 fully saturated rings. The van der Waals surface area contributed by atoms with Crippen LogP contribution in [0.1, 0.15) is 42.1 Å². The summed E-state index contributed by atoms with van der Waals surface area (Å²) in [6, 6.07) is 14.2. The topological polar surface area (TPSA) is 75.7 Å². The van der Waals surface area contributed by atoms with E-state index < -0.39 is 10.0 Å². The summed E-state index contributed by atoms with van der Waals surface area (Å²) in [5.74, 6) is 0.600. The number of hydrogen-bond acceptors (Lipinski definition) is 4. The molecule has 7 heteroatoms. The van der Waals surface area contributed by atoms with Crippen LogP contribution in [0.15, 0.2) is 53.4 Å². The second-order valence-corrected chi connectivity index (χ2v) is 9.01. The Morgan fingerprint density at radius 3 is 2.52 bits per heavy atom. The van der Waals surface area contributed by atoms with Gasteiger partial charge in [-0.3, -0.25) is 4.79 Å². The lowest BCUT2D eigenvalue weighted by atomic mass is 10.1. The number of sulfonamides is 1. The van der Waals surface area contributed by atoms with Crippen LogP contribution in [0.5, 0.6) is 5.75 Å². The highest BCUT2D eigenvalue weighted by molar-refractivity contribution is 7.89. The van der Waals surface area contributed by atoms with Crippen molar-refractivity contribution in [1.29, 1.82) is 0 Å². The molecule has 0 bridgehead atoms. The number of nitrogens with zero attached hydrogens (tertiary/aromatic N) is 1. The number of rotatable bonds is 9. The van der Waals surface area contributed by atoms with Crippen LogP contribution in [0.4, 0.5) is 0 Å². The summed E-state index contributed by atoms with van der Waals surface area (Å²) in [6.45, 7) is 4.21. The van der Waals surface area contributed by atoms with Gasteiger partial charge in [0.25, 0.3) is 5.91 Å². The Morgan fingerprint density at radius 2 is 1.83 bits per heavy atom. The van der Waals surface area contributed by atoms with Crippen molar-refractivity contribution in [3.05, 3.63) is 59.7 Å². The molecule has 0 spiro atoms. The van der Waals surface area contributed by atoms with E-state index in [1.165, 1.54) is 15.9 Å². The van der Waals surface area contributed by atoms with Crippen LogP contribution in [0.3, 0.4) is 0 Å². The quantitative estimate of drug-likeness (QED) is 0.637. The summed E-state index contributed by atoms with van der Waals surface area (Å²) in [6.07, 6.45) is 3.41. The smallest absolute Gasteiger partial charge is 0.251 e. The molecule has 0 aromatic heterocycles. The summed E-state index contributed by atoms with van der Waals surface area (Å²) in [5.41, 5.74) is 1.55. The number of carbonyl (C=O) groups excluding carboxylic acids is 1. The first-order valence-electron chi connectivity index (χ1n) is 10.1. The largest absolute Gasteiger partial charge is 0.494 e. The number of benzene rings is 2. The molecule has 2 aromatic carbocycles. The SMILES string of the molecule is CCOc1ccc(CCCNC(=O)c2cccc(S(=O)(=O)N3CCCC3)c2)cc1. The number of carbonyl (C=O) groups is 1. The molecule has 0 saturated carbocycles. The molecule has 0 aliphatic carbocycles. The Morgan fingerprint density at radius 1 is 1.10 bits per heavy atom. The summed E-state index contributed by atoms with van der Waals surface area (Å²) in [5, 5.41) is 2.88. The van der Waals surface area contributed by atoms with Crippen LogP contribution in [0, 0.1) is 0 Å². The molecule has 29 heavy (non-hydrogen) atoms. The molecule has 1 aliphatic heterocycles. The highest BCUT2D eigenvalue weighted by atomic mass is 32.2. The number of nitrogens with one attached hydrogen (secondary N) is 1. The molecule has 0 unspecified atom stereocenters. The van der Waals surface area contributed by atoms with Crippen molar-refractivity contribution in [3.8, 4) is 5.75 Å². The maximum Gasteiger partial charge on any atom is 0.251 e. The zero-order valence-corrected chi connectivity index (χ0v) is 17.6. The van der Waals surface area contributed by atoms with Crippen molar-refractivity contribution in [3.63, 3.8) is 0 Å². The highest BCUT2D eigenvalue weighted by Crippen LogP contribution is 2.21. The van der Waals surface area contributed by atoms with E-state index in [9.17, 15) is 13.2 Å². The van der Waals surface area contributed by atoms with E-state index in [1.54, 1.807) is 18.2 Å². The molecule has 1 amide bonds. The predicted octanol–water partition coefficient (Wildman–Crippen LogP) is 3.23. The number of ether oxygens (including phenoxy) is 1. The van der Waals surface area contributed by atoms with Crippen LogP contribution in [0.2, 0.25) is 0 Å². The third-order valence-corrected chi connectivity index (χ3v) is 6.86. The Balaban J connectivity index is 1.52. The monoisotopic (exact) mass is 416 g/mol. The van der Waals surface area contributed by atoms with Crippen molar-refractivity contribution in [2.75, 3.05) is 26.2 Å². The van der Waals surface area contributed by atoms with Crippen molar-refractivity contribution in [1.82, 2.24) is 9.62 Å². The zero-order valence-electron chi connectivity index (χ0n) is 16.8. The fourth-order valence-electron chi connectivity index (χ4n) is 3.39. The van der Waals surface area contributed by atoms with Gasteiger partial charge in [-0.05, 0) is 68.5 Å². The van der Waals surface area contributed by atoms with Gasteiger partial charge in [0.2, 0.25) is 10.0 Å². The van der Waals surface area contributed by atoms with Gasteiger partial charge in [-0.15, -0.1) is 0 Å². The number of amides is 1. The van der Waals surface area contributed by atoms with Gasteiger partial charge in [-0.1, -0.05) is 18.2 Å². The van der Waals surface area contributed by atoms with Crippen molar-refractivity contribution < 1.29 is 17.9 Å². The van der Waals surface area contributed by atoms with Crippen LogP contribution in [0.25, 0.3) is 0 Å². The minimum absolute atomic E-state index is 0.182. The van der Waals surface area contributed by atoms with Crippen LogP contribution in [-0.4, -0.2) is 44.9 Å². The van der Waals surface area contributed by atoms with Gasteiger partial charge in [-0.25, -0.2) is 8.42 Å². The molecule has 156 valence electrons. The Kier molecular flexibility index (Phi) is 7.28. The number of aryl methyl sites for hydroxylation is 1. The lowest BCUT2D eigenvalue weighted by Crippen LogP contribution is -2.29. The van der Waals surface area contributed by atoms with Gasteiger partial charge in [0.15, 0.2) is 0 Å². The molecule has 2 aromatic rings. The average molecular weight is 417 g/mol. The third-order valence-electron chi connectivity index (χ3n) is 4.96. The molecular formula is C22H28N2O4S. The lowest BCUT2D eigenvalue weighted by molar-refractivity contribution is 0.0953. The summed E-state index contributed by atoms with van der Waals surface area (Å²) in [7, 11) is -3.52. The van der Waals surface area contributed by atoms with Gasteiger partial charge >= 0.3 is 0 Å². The second-order valence-electron chi connectivity index (χ2n) is 7.08. The van der Waals surface area contributed by atoms with E-state index in [0.717, 1.165) is 31.4 Å². The molecule has 1 saturated heterocycles. The molecule has 6 nitrogen and oxygen atoms in total. The van der Waals surface area contributed by atoms with Gasteiger partial charge in [0, 0.05) is 25.2 Å². The molecule has 0 radical (unpaired) electrons. The Hall–Kier alpha value is -2.38. The normalized spacial score (nSPS) is 14.7. The Labute approximate surface area is 172 Å². The summed E-state index contributed by atoms with van der Waals surface area (Å²) in [4.78, 5) is 12.6. The van der Waals surface area contributed by atoms with Crippen LogP contribution < -0.4 is 10.1 Å². The molecule has 1 N–H and O–H groups in total. The maximum atomic E-state index is 12.7. The van der Waals surface area contributed by atoms with Crippen molar-refractivity contribution >= 4 is 15.9 Å². The standard InChI is InChI=1S/C22H28N2O4S/c1-2-28-20-12-10-18(11-13-20)7-6-14-23-22(25)19-8-5-9-21(17-19)29(26,27)24-15-3-4-16-24/h5,8-13,17H,2-4,6-7,14-16H2,1H3,(H,23,25). The first-order chi connectivity index (χ1) is 14.0. The van der Waals surface area contributed by atoms with Gasteiger partial charge in [0.05, 0.1) is 11.5 Å². The Bertz CT molecular complexity index is 920. The minimum atomic E-state index is -3.52. The van der Waals surface area contributed by atoms with E-state index in [-0.39, 0.29) is 10.8 Å². The van der Waals surface area contributed by atoms with Gasteiger partial charge < -0.3 is 10.1 Å². The fourth-order valence-corrected chi connectivity index (χ4v) is 4.95. The maximum absolute atomic E-state index is 12.7. The number of hydrogen-bond donors (Lipinski definition) is 1. The zero-order chi connectivity index (χ0) is 20.7. The van der Waals surface area contributed by atoms with E-state index in [0.29, 0.717) is 31.8 Å². The second kappa shape index (κ2) is 9.89. The third kappa shape index (κ3) is 5.58. The first-order valence-corrected chi connectivity index (χ1v) is 11.5. The molecule has 1 aliphatic rings. The van der Waals surface area contributed by atoms with E-state index in [2.05, 4.69) is 5.32 Å². The first kappa shape index (κ1) is 21.3. The van der Waals surface area contributed by atoms with Gasteiger partial charge in [-0.2, -0.15) is 4.31 Å². The van der Waals surface area contributed by atoms with Crippen LogP contribution >= 0.6 is 0 Å². The summed E-state index contributed by atoms with van der Waals surface area (Å²) >= 11 is 0. The van der Waals surface area contributed by atoms with E-state index in [4.69, 9.17) is 4.74 Å².